The molecule has 3 aromatic rings. The molecule has 92 valence electrons. The van der Waals surface area contributed by atoms with Gasteiger partial charge >= 0.3 is 0 Å². The third kappa shape index (κ3) is 2.04. The molecule has 2 N–H and O–H groups in total. The van der Waals surface area contributed by atoms with Gasteiger partial charge in [-0.1, -0.05) is 11.8 Å². The van der Waals surface area contributed by atoms with Gasteiger partial charge in [0, 0.05) is 0 Å². The highest BCUT2D eigenvalue weighted by Gasteiger charge is 2.09. The summed E-state index contributed by atoms with van der Waals surface area (Å²) in [5.41, 5.74) is 1.47. The van der Waals surface area contributed by atoms with Crippen LogP contribution in [0.5, 0.6) is 0 Å². The molecule has 0 fully saturated rings. The van der Waals surface area contributed by atoms with Crippen molar-refractivity contribution in [1.82, 2.24) is 19.9 Å². The summed E-state index contributed by atoms with van der Waals surface area (Å²) in [6.07, 6.45) is 5.20. The molecule has 0 aliphatic rings. The number of H-pyrrole nitrogens is 1. The Morgan fingerprint density at radius 2 is 2.39 bits per heavy atom. The minimum Gasteiger partial charge on any atom is -0.467 e. The van der Waals surface area contributed by atoms with Crippen molar-refractivity contribution in [3.8, 4) is 0 Å². The van der Waals surface area contributed by atoms with Gasteiger partial charge in [-0.15, -0.1) is 0 Å². The second-order valence-corrected chi connectivity index (χ2v) is 4.36. The summed E-state index contributed by atoms with van der Waals surface area (Å²) < 4.78 is 5.27. The minimum absolute atomic E-state index is 0.569. The van der Waals surface area contributed by atoms with Crippen LogP contribution >= 0.6 is 11.8 Å². The molecule has 0 bridgehead atoms. The molecule has 0 radical (unpaired) electrons. The number of anilines is 1. The lowest BCUT2D eigenvalue weighted by Gasteiger charge is -2.05. The van der Waals surface area contributed by atoms with Crippen LogP contribution in [0.25, 0.3) is 11.2 Å². The van der Waals surface area contributed by atoms with Crippen LogP contribution < -0.4 is 5.32 Å². The van der Waals surface area contributed by atoms with E-state index in [1.165, 1.54) is 11.8 Å². The van der Waals surface area contributed by atoms with Crippen LogP contribution in [-0.2, 0) is 6.54 Å². The van der Waals surface area contributed by atoms with Crippen LogP contribution in [0.1, 0.15) is 5.76 Å². The Hall–Kier alpha value is -2.02. The molecule has 0 amide bonds. The molecule has 0 spiro atoms. The zero-order chi connectivity index (χ0) is 12.4. The molecule has 3 rings (SSSR count). The molecule has 3 heterocycles. The fraction of sp³-hybridized carbons (Fsp3) is 0.182. The number of aromatic nitrogens is 4. The Bertz CT molecular complexity index is 649. The summed E-state index contributed by atoms with van der Waals surface area (Å²) in [5, 5.41) is 3.91. The van der Waals surface area contributed by atoms with Crippen molar-refractivity contribution in [3.05, 3.63) is 30.5 Å². The van der Waals surface area contributed by atoms with Crippen molar-refractivity contribution in [3.63, 3.8) is 0 Å². The van der Waals surface area contributed by atoms with E-state index in [9.17, 15) is 0 Å². The summed E-state index contributed by atoms with van der Waals surface area (Å²) in [5.74, 6) is 1.56. The standard InChI is InChI=1S/C11H11N5OS/c1-18-11-15-9(8-10(16-11)14-6-13-8)12-5-7-3-2-4-17-7/h2-4,6H,5H2,1H3,(H2,12,13,14,15,16). The number of nitrogens with zero attached hydrogens (tertiary/aromatic N) is 3. The lowest BCUT2D eigenvalue weighted by Crippen LogP contribution is -2.03. The molecule has 0 saturated carbocycles. The van der Waals surface area contributed by atoms with Crippen LogP contribution in [-0.4, -0.2) is 26.2 Å². The number of fused-ring (bicyclic) bond motifs is 1. The topological polar surface area (TPSA) is 79.6 Å². The normalized spacial score (nSPS) is 10.9. The second-order valence-electron chi connectivity index (χ2n) is 3.59. The maximum atomic E-state index is 5.27. The summed E-state index contributed by atoms with van der Waals surface area (Å²) in [7, 11) is 0. The number of hydrogen-bond donors (Lipinski definition) is 2. The average molecular weight is 261 g/mol. The fourth-order valence-electron chi connectivity index (χ4n) is 1.61. The van der Waals surface area contributed by atoms with E-state index >= 15 is 0 Å². The quantitative estimate of drug-likeness (QED) is 0.554. The van der Waals surface area contributed by atoms with Crippen molar-refractivity contribution in [2.45, 2.75) is 11.7 Å². The highest BCUT2D eigenvalue weighted by Crippen LogP contribution is 2.21. The predicted octanol–water partition coefficient (Wildman–Crippen LogP) is 2.28. The van der Waals surface area contributed by atoms with Gasteiger partial charge in [0.25, 0.3) is 0 Å². The maximum absolute atomic E-state index is 5.27. The number of furan rings is 1. The van der Waals surface area contributed by atoms with Crippen LogP contribution in [0.15, 0.2) is 34.3 Å². The van der Waals surface area contributed by atoms with E-state index in [0.717, 1.165) is 16.9 Å². The van der Waals surface area contributed by atoms with E-state index in [-0.39, 0.29) is 0 Å². The van der Waals surface area contributed by atoms with Crippen molar-refractivity contribution in [2.24, 2.45) is 0 Å². The molecule has 0 aromatic carbocycles. The molecular formula is C11H11N5OS. The number of rotatable bonds is 4. The Kier molecular flexibility index (Phi) is 2.89. The van der Waals surface area contributed by atoms with Crippen molar-refractivity contribution >= 4 is 28.7 Å². The third-order valence-corrected chi connectivity index (χ3v) is 3.00. The maximum Gasteiger partial charge on any atom is 0.191 e. The molecule has 0 aliphatic heterocycles. The van der Waals surface area contributed by atoms with Gasteiger partial charge in [-0.3, -0.25) is 0 Å². The zero-order valence-electron chi connectivity index (χ0n) is 9.67. The molecule has 6 nitrogen and oxygen atoms in total. The Morgan fingerprint density at radius 3 is 3.17 bits per heavy atom. The highest BCUT2D eigenvalue weighted by molar-refractivity contribution is 7.98. The fourth-order valence-corrected chi connectivity index (χ4v) is 1.98. The van der Waals surface area contributed by atoms with Gasteiger partial charge in [0.1, 0.15) is 11.3 Å². The van der Waals surface area contributed by atoms with Gasteiger partial charge in [-0.2, -0.15) is 0 Å². The molecule has 0 aliphatic carbocycles. The lowest BCUT2D eigenvalue weighted by atomic mass is 10.4. The summed E-state index contributed by atoms with van der Waals surface area (Å²) in [6.45, 7) is 0.569. The van der Waals surface area contributed by atoms with Crippen LogP contribution in [0.3, 0.4) is 0 Å². The molecule has 0 saturated heterocycles. The SMILES string of the molecule is CSc1nc(NCc2ccco2)c2nc[nH]c2n1. The number of imidazole rings is 1. The Labute approximate surface area is 107 Å². The van der Waals surface area contributed by atoms with E-state index in [1.807, 2.05) is 18.4 Å². The average Bonchev–Trinajstić information content (AvgIpc) is 3.06. The predicted molar refractivity (Wildman–Crippen MR) is 69.5 cm³/mol. The van der Waals surface area contributed by atoms with E-state index in [0.29, 0.717) is 17.5 Å². The highest BCUT2D eigenvalue weighted by atomic mass is 32.2. The van der Waals surface area contributed by atoms with Gasteiger partial charge in [0.15, 0.2) is 16.6 Å². The lowest BCUT2D eigenvalue weighted by molar-refractivity contribution is 0.518. The Morgan fingerprint density at radius 1 is 1.44 bits per heavy atom. The van der Waals surface area contributed by atoms with Gasteiger partial charge in [-0.25, -0.2) is 15.0 Å². The molecular weight excluding hydrogens is 250 g/mol. The molecule has 0 atom stereocenters. The van der Waals surface area contributed by atoms with E-state index in [4.69, 9.17) is 4.42 Å². The monoisotopic (exact) mass is 261 g/mol. The number of hydrogen-bond acceptors (Lipinski definition) is 6. The number of thioether (sulfide) groups is 1. The third-order valence-electron chi connectivity index (χ3n) is 2.45. The van der Waals surface area contributed by atoms with E-state index < -0.39 is 0 Å². The van der Waals surface area contributed by atoms with Crippen molar-refractivity contribution < 1.29 is 4.42 Å². The summed E-state index contributed by atoms with van der Waals surface area (Å²) >= 11 is 1.49. The minimum atomic E-state index is 0.569. The first kappa shape index (κ1) is 11.1. The summed E-state index contributed by atoms with van der Waals surface area (Å²) in [6, 6.07) is 3.76. The molecule has 18 heavy (non-hydrogen) atoms. The number of nitrogens with one attached hydrogen (secondary N) is 2. The summed E-state index contributed by atoms with van der Waals surface area (Å²) in [4.78, 5) is 15.9. The second kappa shape index (κ2) is 4.69. The van der Waals surface area contributed by atoms with Gasteiger partial charge in [0.2, 0.25) is 0 Å². The van der Waals surface area contributed by atoms with Crippen LogP contribution in [0.4, 0.5) is 5.82 Å². The smallest absolute Gasteiger partial charge is 0.191 e. The van der Waals surface area contributed by atoms with Gasteiger partial charge in [0.05, 0.1) is 19.1 Å². The molecule has 0 unspecified atom stereocenters. The van der Waals surface area contributed by atoms with Crippen molar-refractivity contribution in [1.29, 1.82) is 0 Å². The molecule has 7 heteroatoms. The van der Waals surface area contributed by atoms with Gasteiger partial charge < -0.3 is 14.7 Å². The van der Waals surface area contributed by atoms with Crippen LogP contribution in [0.2, 0.25) is 0 Å². The van der Waals surface area contributed by atoms with E-state index in [2.05, 4.69) is 25.3 Å². The first-order chi connectivity index (χ1) is 8.86. The first-order valence-corrected chi connectivity index (χ1v) is 6.60. The van der Waals surface area contributed by atoms with E-state index in [1.54, 1.807) is 12.6 Å². The zero-order valence-corrected chi connectivity index (χ0v) is 10.5. The first-order valence-electron chi connectivity index (χ1n) is 5.38. The number of aromatic amines is 1. The Balaban J connectivity index is 1.92. The largest absolute Gasteiger partial charge is 0.467 e. The molecule has 3 aromatic heterocycles. The van der Waals surface area contributed by atoms with Crippen molar-refractivity contribution in [2.75, 3.05) is 11.6 Å². The van der Waals surface area contributed by atoms with Crippen LogP contribution in [0, 0.1) is 0 Å². The van der Waals surface area contributed by atoms with Gasteiger partial charge in [-0.05, 0) is 18.4 Å².